The zero-order chi connectivity index (χ0) is 8.43. The number of nitrogens with zero attached hydrogens (tertiary/aromatic N) is 1. The molecule has 3 nitrogen and oxygen atoms in total. The van der Waals surface area contributed by atoms with E-state index in [0.717, 1.165) is 0 Å². The molecule has 0 fully saturated rings. The number of rotatable bonds is 1. The summed E-state index contributed by atoms with van der Waals surface area (Å²) in [5.41, 5.74) is 0.946. The molecule has 1 heterocycles. The highest BCUT2D eigenvalue weighted by Crippen LogP contribution is 2.10. The van der Waals surface area contributed by atoms with Gasteiger partial charge in [-0.3, -0.25) is 0 Å². The van der Waals surface area contributed by atoms with Crippen LogP contribution in [0.3, 0.4) is 0 Å². The fraction of sp³-hybridized carbons (Fsp3) is 0.143. The van der Waals surface area contributed by atoms with Crippen LogP contribution in [-0.4, -0.2) is 16.1 Å². The molecular formula is C7H6BrNO2. The van der Waals surface area contributed by atoms with Crippen LogP contribution >= 0.6 is 15.9 Å². The largest absolute Gasteiger partial charge is 0.478 e. The molecule has 0 bridgehead atoms. The summed E-state index contributed by atoms with van der Waals surface area (Å²) in [6.07, 6.45) is 0. The molecular weight excluding hydrogens is 210 g/mol. The van der Waals surface area contributed by atoms with E-state index in [-0.39, 0.29) is 5.56 Å². The van der Waals surface area contributed by atoms with Crippen molar-refractivity contribution in [3.8, 4) is 0 Å². The van der Waals surface area contributed by atoms with Crippen molar-refractivity contribution in [3.05, 3.63) is 28.0 Å². The number of hydrogen-bond donors (Lipinski definition) is 1. The summed E-state index contributed by atoms with van der Waals surface area (Å²) in [6, 6.07) is 2.99. The fourth-order valence-electron chi connectivity index (χ4n) is 0.752. The van der Waals surface area contributed by atoms with Gasteiger partial charge in [-0.25, -0.2) is 9.78 Å². The number of hydrogen-bond acceptors (Lipinski definition) is 2. The Morgan fingerprint density at radius 3 is 2.73 bits per heavy atom. The van der Waals surface area contributed by atoms with Crippen LogP contribution in [0.5, 0.6) is 0 Å². The van der Waals surface area contributed by atoms with Gasteiger partial charge in [-0.05, 0) is 35.0 Å². The zero-order valence-electron chi connectivity index (χ0n) is 5.84. The van der Waals surface area contributed by atoms with Gasteiger partial charge < -0.3 is 5.11 Å². The lowest BCUT2D eigenvalue weighted by Gasteiger charge is -1.96. The molecule has 1 rings (SSSR count). The molecule has 1 N–H and O–H groups in total. The Labute approximate surface area is 72.2 Å². The van der Waals surface area contributed by atoms with Crippen molar-refractivity contribution in [2.45, 2.75) is 6.92 Å². The Bertz CT molecular complexity index is 278. The first kappa shape index (κ1) is 8.20. The summed E-state index contributed by atoms with van der Waals surface area (Å²) in [6.45, 7) is 1.75. The van der Waals surface area contributed by atoms with Gasteiger partial charge in [0.05, 0.1) is 5.56 Å². The van der Waals surface area contributed by atoms with Crippen molar-refractivity contribution in [2.24, 2.45) is 0 Å². The maximum Gasteiger partial charge on any atom is 0.335 e. The predicted molar refractivity (Wildman–Crippen MR) is 43.6 cm³/mol. The number of aryl methyl sites for hydroxylation is 1. The van der Waals surface area contributed by atoms with E-state index >= 15 is 0 Å². The Balaban J connectivity index is 3.19. The topological polar surface area (TPSA) is 50.2 Å². The Morgan fingerprint density at radius 2 is 2.27 bits per heavy atom. The molecule has 0 saturated carbocycles. The van der Waals surface area contributed by atoms with E-state index in [2.05, 4.69) is 20.9 Å². The van der Waals surface area contributed by atoms with Crippen molar-refractivity contribution >= 4 is 21.9 Å². The van der Waals surface area contributed by atoms with E-state index in [9.17, 15) is 4.79 Å². The van der Waals surface area contributed by atoms with Gasteiger partial charge in [-0.15, -0.1) is 0 Å². The fourth-order valence-corrected chi connectivity index (χ4v) is 1.28. The second-order valence-electron chi connectivity index (χ2n) is 2.13. The van der Waals surface area contributed by atoms with Crippen LogP contribution in [0, 0.1) is 6.92 Å². The normalized spacial score (nSPS) is 9.64. The highest BCUT2D eigenvalue weighted by Gasteiger charge is 2.03. The molecule has 0 aliphatic carbocycles. The first-order valence-electron chi connectivity index (χ1n) is 2.97. The van der Waals surface area contributed by atoms with Crippen LogP contribution in [0.2, 0.25) is 0 Å². The number of halogens is 1. The van der Waals surface area contributed by atoms with Crippen molar-refractivity contribution < 1.29 is 9.90 Å². The first-order valence-corrected chi connectivity index (χ1v) is 3.76. The molecule has 11 heavy (non-hydrogen) atoms. The molecule has 1 aromatic rings. The maximum absolute atomic E-state index is 10.5. The third-order valence-corrected chi connectivity index (χ3v) is 1.58. The molecule has 0 atom stereocenters. The van der Waals surface area contributed by atoms with Gasteiger partial charge in [-0.2, -0.15) is 0 Å². The molecule has 0 radical (unpaired) electrons. The lowest BCUT2D eigenvalue weighted by atomic mass is 10.2. The van der Waals surface area contributed by atoms with E-state index < -0.39 is 5.97 Å². The molecule has 0 saturated heterocycles. The molecule has 4 heteroatoms. The van der Waals surface area contributed by atoms with Crippen molar-refractivity contribution in [1.82, 2.24) is 4.98 Å². The second kappa shape index (κ2) is 3.00. The smallest absolute Gasteiger partial charge is 0.335 e. The van der Waals surface area contributed by atoms with Crippen LogP contribution in [0.15, 0.2) is 16.7 Å². The number of aromatic nitrogens is 1. The Morgan fingerprint density at radius 1 is 1.64 bits per heavy atom. The van der Waals surface area contributed by atoms with Gasteiger partial charge in [0.2, 0.25) is 0 Å². The summed E-state index contributed by atoms with van der Waals surface area (Å²) in [4.78, 5) is 14.4. The maximum atomic E-state index is 10.5. The average molecular weight is 216 g/mol. The molecule has 0 aromatic carbocycles. The SMILES string of the molecule is Cc1cc(C(=O)O)cc(Br)n1. The van der Waals surface area contributed by atoms with E-state index in [4.69, 9.17) is 5.11 Å². The second-order valence-corrected chi connectivity index (χ2v) is 2.94. The lowest BCUT2D eigenvalue weighted by molar-refractivity contribution is 0.0696. The van der Waals surface area contributed by atoms with Gasteiger partial charge in [0.1, 0.15) is 4.60 Å². The number of carboxylic acid groups (broad SMARTS) is 1. The third-order valence-electron chi connectivity index (χ3n) is 1.17. The predicted octanol–water partition coefficient (Wildman–Crippen LogP) is 1.85. The van der Waals surface area contributed by atoms with Crippen molar-refractivity contribution in [1.29, 1.82) is 0 Å². The molecule has 1 aromatic heterocycles. The molecule has 0 unspecified atom stereocenters. The minimum atomic E-state index is -0.934. The standard InChI is InChI=1S/C7H6BrNO2/c1-4-2-5(7(10)11)3-6(8)9-4/h2-3H,1H3,(H,10,11). The van der Waals surface area contributed by atoms with E-state index in [1.165, 1.54) is 12.1 Å². The van der Waals surface area contributed by atoms with Crippen LogP contribution in [-0.2, 0) is 0 Å². The quantitative estimate of drug-likeness (QED) is 0.728. The summed E-state index contributed by atoms with van der Waals surface area (Å²) < 4.78 is 0.551. The summed E-state index contributed by atoms with van der Waals surface area (Å²) in [5, 5.41) is 8.59. The van der Waals surface area contributed by atoms with Crippen LogP contribution < -0.4 is 0 Å². The average Bonchev–Trinajstić information content (AvgIpc) is 1.85. The number of carboxylic acids is 1. The van der Waals surface area contributed by atoms with E-state index in [0.29, 0.717) is 10.3 Å². The summed E-state index contributed by atoms with van der Waals surface area (Å²) in [7, 11) is 0. The van der Waals surface area contributed by atoms with Crippen LogP contribution in [0.1, 0.15) is 16.1 Å². The summed E-state index contributed by atoms with van der Waals surface area (Å²) >= 11 is 3.11. The Kier molecular flexibility index (Phi) is 2.24. The molecule has 0 amide bonds. The molecule has 0 spiro atoms. The molecule has 0 aliphatic rings. The minimum Gasteiger partial charge on any atom is -0.478 e. The van der Waals surface area contributed by atoms with Gasteiger partial charge in [0.25, 0.3) is 0 Å². The summed E-state index contributed by atoms with van der Waals surface area (Å²) in [5.74, 6) is -0.934. The van der Waals surface area contributed by atoms with Gasteiger partial charge in [-0.1, -0.05) is 0 Å². The van der Waals surface area contributed by atoms with Crippen LogP contribution in [0.4, 0.5) is 0 Å². The molecule has 0 aliphatic heterocycles. The highest BCUT2D eigenvalue weighted by molar-refractivity contribution is 9.10. The number of carbonyl (C=O) groups is 1. The van der Waals surface area contributed by atoms with Gasteiger partial charge in [0.15, 0.2) is 0 Å². The lowest BCUT2D eigenvalue weighted by Crippen LogP contribution is -1.97. The molecule has 58 valence electrons. The number of aromatic carboxylic acids is 1. The van der Waals surface area contributed by atoms with Crippen molar-refractivity contribution in [2.75, 3.05) is 0 Å². The number of pyridine rings is 1. The van der Waals surface area contributed by atoms with Crippen LogP contribution in [0.25, 0.3) is 0 Å². The van der Waals surface area contributed by atoms with E-state index in [1.807, 2.05) is 0 Å². The minimum absolute atomic E-state index is 0.254. The highest BCUT2D eigenvalue weighted by atomic mass is 79.9. The van der Waals surface area contributed by atoms with E-state index in [1.54, 1.807) is 6.92 Å². The third kappa shape index (κ3) is 2.01. The Hall–Kier alpha value is -0.900. The zero-order valence-corrected chi connectivity index (χ0v) is 7.42. The van der Waals surface area contributed by atoms with Gasteiger partial charge in [0, 0.05) is 5.69 Å². The first-order chi connectivity index (χ1) is 5.09. The van der Waals surface area contributed by atoms with Crippen molar-refractivity contribution in [3.63, 3.8) is 0 Å². The van der Waals surface area contributed by atoms with Gasteiger partial charge >= 0.3 is 5.97 Å². The monoisotopic (exact) mass is 215 g/mol.